The molecule has 1 rings (SSSR count). The molecule has 0 saturated carbocycles. The van der Waals surface area contributed by atoms with E-state index in [0.29, 0.717) is 11.3 Å². The molecule has 0 aliphatic rings. The zero-order valence-electron chi connectivity index (χ0n) is 10.4. The Morgan fingerprint density at radius 3 is 2.61 bits per heavy atom. The summed E-state index contributed by atoms with van der Waals surface area (Å²) in [5, 5.41) is 10.3. The quantitative estimate of drug-likeness (QED) is 0.704. The second-order valence-corrected chi connectivity index (χ2v) is 5.66. The van der Waals surface area contributed by atoms with Crippen LogP contribution in [-0.2, 0) is 10.0 Å². The molecule has 0 unspecified atom stereocenters. The Kier molecular flexibility index (Phi) is 4.69. The molecule has 18 heavy (non-hydrogen) atoms. The van der Waals surface area contributed by atoms with Gasteiger partial charge in [0.05, 0.1) is 11.3 Å². The Balaban J connectivity index is 2.73. The molecule has 0 bridgehead atoms. The van der Waals surface area contributed by atoms with Crippen molar-refractivity contribution in [3.63, 3.8) is 0 Å². The minimum Gasteiger partial charge on any atom is -0.387 e. The summed E-state index contributed by atoms with van der Waals surface area (Å²) in [7, 11) is -1.84. The van der Waals surface area contributed by atoms with Crippen LogP contribution < -0.4 is 15.8 Å². The number of rotatable bonds is 5. The summed E-state index contributed by atoms with van der Waals surface area (Å²) in [4.78, 5) is 11.8. The zero-order chi connectivity index (χ0) is 13.8. The van der Waals surface area contributed by atoms with Crippen LogP contribution in [-0.4, -0.2) is 33.7 Å². The van der Waals surface area contributed by atoms with Crippen molar-refractivity contribution in [1.82, 2.24) is 5.32 Å². The van der Waals surface area contributed by atoms with Gasteiger partial charge in [-0.25, -0.2) is 13.6 Å². The molecular formula is C11H17N3O3S. The number of carbonyl (C=O) groups excluding carboxylic acids is 1. The normalized spacial score (nSPS) is 11.1. The third-order valence-corrected chi connectivity index (χ3v) is 3.13. The van der Waals surface area contributed by atoms with E-state index in [0.717, 1.165) is 5.56 Å². The van der Waals surface area contributed by atoms with E-state index in [-0.39, 0.29) is 18.2 Å². The fraction of sp³-hybridized carbons (Fsp3) is 0.364. The Morgan fingerprint density at radius 1 is 1.39 bits per heavy atom. The number of aryl methyl sites for hydroxylation is 1. The molecule has 0 heterocycles. The minimum absolute atomic E-state index is 0.00526. The van der Waals surface area contributed by atoms with Crippen LogP contribution in [0.3, 0.4) is 0 Å². The highest BCUT2D eigenvalue weighted by Gasteiger charge is 2.11. The second kappa shape index (κ2) is 5.83. The Bertz CT molecular complexity index is 540. The molecule has 0 atom stereocenters. The van der Waals surface area contributed by atoms with Gasteiger partial charge in [-0.05, 0) is 24.6 Å². The lowest BCUT2D eigenvalue weighted by atomic mass is 10.1. The number of benzene rings is 1. The van der Waals surface area contributed by atoms with Gasteiger partial charge in [0.1, 0.15) is 0 Å². The number of carbonyl (C=O) groups is 1. The second-order valence-electron chi connectivity index (χ2n) is 3.92. The van der Waals surface area contributed by atoms with Crippen molar-refractivity contribution in [1.29, 1.82) is 0 Å². The number of anilines is 1. The van der Waals surface area contributed by atoms with E-state index >= 15 is 0 Å². The molecular weight excluding hydrogens is 254 g/mol. The number of hydrogen-bond acceptors (Lipinski definition) is 4. The fourth-order valence-corrected chi connectivity index (χ4v) is 1.85. The minimum atomic E-state index is -3.55. The van der Waals surface area contributed by atoms with Crippen molar-refractivity contribution >= 4 is 21.6 Å². The Morgan fingerprint density at radius 2 is 2.06 bits per heavy atom. The Hall–Kier alpha value is -1.60. The topological polar surface area (TPSA) is 101 Å². The van der Waals surface area contributed by atoms with E-state index in [1.807, 2.05) is 19.1 Å². The lowest BCUT2D eigenvalue weighted by Gasteiger charge is -2.10. The van der Waals surface area contributed by atoms with Crippen LogP contribution in [0.2, 0.25) is 0 Å². The number of nitrogens with one attached hydrogen (secondary N) is 2. The largest absolute Gasteiger partial charge is 0.387 e. The van der Waals surface area contributed by atoms with Gasteiger partial charge in [-0.3, -0.25) is 4.79 Å². The molecule has 0 saturated heterocycles. The maximum atomic E-state index is 11.8. The molecule has 0 aliphatic heterocycles. The van der Waals surface area contributed by atoms with Crippen molar-refractivity contribution in [2.75, 3.05) is 24.7 Å². The summed E-state index contributed by atoms with van der Waals surface area (Å²) in [6, 6.07) is 5.34. The number of nitrogens with two attached hydrogens (primary N) is 1. The van der Waals surface area contributed by atoms with Crippen LogP contribution in [0.15, 0.2) is 18.2 Å². The molecule has 0 radical (unpaired) electrons. The van der Waals surface area contributed by atoms with Gasteiger partial charge in [-0.2, -0.15) is 0 Å². The average Bonchev–Trinajstić information content (AvgIpc) is 2.26. The zero-order valence-corrected chi connectivity index (χ0v) is 11.2. The monoisotopic (exact) mass is 271 g/mol. The van der Waals surface area contributed by atoms with Gasteiger partial charge in [0.25, 0.3) is 5.91 Å². The van der Waals surface area contributed by atoms with Crippen LogP contribution in [0.4, 0.5) is 5.69 Å². The van der Waals surface area contributed by atoms with Gasteiger partial charge in [-0.15, -0.1) is 0 Å². The lowest BCUT2D eigenvalue weighted by Crippen LogP contribution is -2.31. The summed E-state index contributed by atoms with van der Waals surface area (Å²) in [6.07, 6.45) is 0. The van der Waals surface area contributed by atoms with Crippen molar-refractivity contribution in [2.24, 2.45) is 5.14 Å². The predicted octanol–water partition coefficient (Wildman–Crippen LogP) is 0.0550. The molecule has 0 aliphatic carbocycles. The molecule has 4 N–H and O–H groups in total. The van der Waals surface area contributed by atoms with Crippen LogP contribution in [0.25, 0.3) is 0 Å². The molecule has 7 heteroatoms. The molecule has 1 aromatic carbocycles. The van der Waals surface area contributed by atoms with E-state index in [1.165, 1.54) is 0 Å². The summed E-state index contributed by atoms with van der Waals surface area (Å²) < 4.78 is 21.5. The van der Waals surface area contributed by atoms with E-state index < -0.39 is 10.0 Å². The van der Waals surface area contributed by atoms with Crippen LogP contribution in [0, 0.1) is 6.92 Å². The van der Waals surface area contributed by atoms with E-state index in [4.69, 9.17) is 5.14 Å². The predicted molar refractivity (Wildman–Crippen MR) is 71.0 cm³/mol. The van der Waals surface area contributed by atoms with Gasteiger partial charge in [0.15, 0.2) is 0 Å². The van der Waals surface area contributed by atoms with E-state index in [2.05, 4.69) is 10.6 Å². The van der Waals surface area contributed by atoms with Crippen LogP contribution >= 0.6 is 0 Å². The molecule has 0 spiro atoms. The molecule has 0 fully saturated rings. The standard InChI is InChI=1S/C11H17N3O3S/c1-8-3-4-9(10(7-8)13-2)11(15)14-5-6-18(12,16)17/h3-4,7,13H,5-6H2,1-2H3,(H,14,15)(H2,12,16,17). The van der Waals surface area contributed by atoms with Gasteiger partial charge in [0.2, 0.25) is 10.0 Å². The maximum Gasteiger partial charge on any atom is 0.253 e. The number of sulfonamides is 1. The third-order valence-electron chi connectivity index (χ3n) is 2.36. The van der Waals surface area contributed by atoms with Gasteiger partial charge in [0, 0.05) is 19.3 Å². The maximum absolute atomic E-state index is 11.8. The Labute approximate surface area is 107 Å². The number of amides is 1. The fourth-order valence-electron chi connectivity index (χ4n) is 1.46. The molecule has 100 valence electrons. The van der Waals surface area contributed by atoms with Crippen molar-refractivity contribution in [3.8, 4) is 0 Å². The first-order valence-electron chi connectivity index (χ1n) is 5.40. The third kappa shape index (κ3) is 4.34. The molecule has 0 aromatic heterocycles. The number of primary sulfonamides is 1. The SMILES string of the molecule is CNc1cc(C)ccc1C(=O)NCCS(N)(=O)=O. The summed E-state index contributed by atoms with van der Waals surface area (Å²) in [6.45, 7) is 1.91. The van der Waals surface area contributed by atoms with Crippen LogP contribution in [0.5, 0.6) is 0 Å². The molecule has 1 amide bonds. The van der Waals surface area contributed by atoms with E-state index in [9.17, 15) is 13.2 Å². The highest BCUT2D eigenvalue weighted by atomic mass is 32.2. The lowest BCUT2D eigenvalue weighted by molar-refractivity contribution is 0.0957. The first-order chi connectivity index (χ1) is 8.33. The number of hydrogen-bond donors (Lipinski definition) is 3. The summed E-state index contributed by atoms with van der Waals surface area (Å²) in [5.74, 6) is -0.609. The van der Waals surface area contributed by atoms with Crippen molar-refractivity contribution < 1.29 is 13.2 Å². The molecule has 1 aromatic rings. The van der Waals surface area contributed by atoms with Crippen LogP contribution in [0.1, 0.15) is 15.9 Å². The van der Waals surface area contributed by atoms with Gasteiger partial charge >= 0.3 is 0 Å². The van der Waals surface area contributed by atoms with Crippen molar-refractivity contribution in [3.05, 3.63) is 29.3 Å². The first kappa shape index (κ1) is 14.5. The van der Waals surface area contributed by atoms with E-state index in [1.54, 1.807) is 13.1 Å². The van der Waals surface area contributed by atoms with Crippen molar-refractivity contribution in [2.45, 2.75) is 6.92 Å². The van der Waals surface area contributed by atoms with Gasteiger partial charge < -0.3 is 10.6 Å². The average molecular weight is 271 g/mol. The first-order valence-corrected chi connectivity index (χ1v) is 7.12. The highest BCUT2D eigenvalue weighted by molar-refractivity contribution is 7.89. The smallest absolute Gasteiger partial charge is 0.253 e. The van der Waals surface area contributed by atoms with Gasteiger partial charge in [-0.1, -0.05) is 6.07 Å². The summed E-state index contributed by atoms with van der Waals surface area (Å²) >= 11 is 0. The summed E-state index contributed by atoms with van der Waals surface area (Å²) in [5.41, 5.74) is 2.20. The molecule has 6 nitrogen and oxygen atoms in total. The highest BCUT2D eigenvalue weighted by Crippen LogP contribution is 2.16.